The fourth-order valence-electron chi connectivity index (χ4n) is 1.39. The van der Waals surface area contributed by atoms with Crippen molar-refractivity contribution >= 4 is 49.5 Å². The Morgan fingerprint density at radius 3 is 1.91 bits per heavy atom. The van der Waals surface area contributed by atoms with Gasteiger partial charge in [0.25, 0.3) is 0 Å². The minimum atomic E-state index is -0.931. The van der Waals surface area contributed by atoms with Crippen LogP contribution in [0.15, 0.2) is 8.96 Å². The fourth-order valence-corrected chi connectivity index (χ4v) is 2.06. The molecule has 0 heterocycles. The van der Waals surface area contributed by atoms with E-state index in [0.29, 0.717) is 15.4 Å². The van der Waals surface area contributed by atoms with Crippen molar-refractivity contribution in [1.29, 1.82) is 0 Å². The van der Waals surface area contributed by atoms with Crippen molar-refractivity contribution in [2.24, 2.45) is 17.4 Å². The van der Waals surface area contributed by atoms with Gasteiger partial charge < -0.3 is 16.6 Å². The maximum atomic E-state index is 11.5. The van der Waals surface area contributed by atoms with Gasteiger partial charge in [-0.25, -0.2) is 0 Å². The number of hydrogen-bond donors (Lipinski definition) is 3. The minimum Gasteiger partial charge on any atom is -0.480 e. The molecular weight excluding hydrogens is 432 g/mol. The van der Waals surface area contributed by atoms with Crippen LogP contribution in [-0.2, 0) is 14.4 Å². The van der Waals surface area contributed by atoms with E-state index in [-0.39, 0.29) is 18.1 Å². The molecule has 0 radical (unpaired) electrons. The van der Waals surface area contributed by atoms with E-state index in [1.807, 2.05) is 0 Å². The molecule has 23 heavy (non-hydrogen) atoms. The molecule has 0 fully saturated rings. The Hall–Kier alpha value is -0.730. The maximum absolute atomic E-state index is 11.5. The Kier molecular flexibility index (Phi) is 14.6. The van der Waals surface area contributed by atoms with Gasteiger partial charge in [0.2, 0.25) is 5.91 Å². The Balaban J connectivity index is 0. The standard InChI is InChI=1S/C10H15Br2NO2.C5H11NO2/c1-2-3-4-5-7(14)6-8(9(11)12)10(13)15;1-3(2)4(6)5(7)8/h2-6H2,1H3,(H2,13,15);3-4H,6H2,1-2H3,(H,7,8)/t;4-/m.0/s1. The summed E-state index contributed by atoms with van der Waals surface area (Å²) in [6, 6.07) is -0.713. The maximum Gasteiger partial charge on any atom is 0.320 e. The van der Waals surface area contributed by atoms with E-state index < -0.39 is 17.9 Å². The first-order chi connectivity index (χ1) is 10.5. The molecule has 0 aliphatic heterocycles. The molecule has 134 valence electrons. The molecule has 0 saturated carbocycles. The van der Waals surface area contributed by atoms with Gasteiger partial charge in [0.1, 0.15) is 11.8 Å². The Labute approximate surface area is 154 Å². The van der Waals surface area contributed by atoms with Gasteiger partial charge in [-0.3, -0.25) is 14.4 Å². The van der Waals surface area contributed by atoms with Crippen LogP contribution in [0.1, 0.15) is 52.9 Å². The van der Waals surface area contributed by atoms with E-state index in [2.05, 4.69) is 38.8 Å². The average Bonchev–Trinajstić information content (AvgIpc) is 2.43. The lowest BCUT2D eigenvalue weighted by Gasteiger charge is -2.07. The summed E-state index contributed by atoms with van der Waals surface area (Å²) in [7, 11) is 0. The Morgan fingerprint density at radius 2 is 1.65 bits per heavy atom. The van der Waals surface area contributed by atoms with Crippen LogP contribution in [-0.4, -0.2) is 28.8 Å². The number of Topliss-reactive ketones (excluding diaryl/α,β-unsaturated/α-hetero) is 1. The number of ketones is 1. The van der Waals surface area contributed by atoms with Crippen LogP contribution in [0.2, 0.25) is 0 Å². The zero-order chi connectivity index (χ0) is 18.6. The van der Waals surface area contributed by atoms with Gasteiger partial charge in [-0.15, -0.1) is 0 Å². The van der Waals surface area contributed by atoms with Crippen molar-refractivity contribution in [3.8, 4) is 0 Å². The molecule has 0 aliphatic carbocycles. The fraction of sp³-hybridized carbons (Fsp3) is 0.667. The van der Waals surface area contributed by atoms with Gasteiger partial charge in [-0.2, -0.15) is 0 Å². The normalized spacial score (nSPS) is 11.3. The van der Waals surface area contributed by atoms with E-state index in [0.717, 1.165) is 19.3 Å². The smallest absolute Gasteiger partial charge is 0.320 e. The summed E-state index contributed by atoms with van der Waals surface area (Å²) in [4.78, 5) is 32.4. The zero-order valence-electron chi connectivity index (χ0n) is 13.8. The monoisotopic (exact) mass is 456 g/mol. The average molecular weight is 458 g/mol. The van der Waals surface area contributed by atoms with Crippen LogP contribution in [0.5, 0.6) is 0 Å². The third-order valence-corrected chi connectivity index (χ3v) is 3.92. The van der Waals surface area contributed by atoms with Gasteiger partial charge in [-0.1, -0.05) is 33.6 Å². The van der Waals surface area contributed by atoms with E-state index in [1.54, 1.807) is 13.8 Å². The van der Waals surface area contributed by atoms with Crippen LogP contribution in [0.4, 0.5) is 0 Å². The number of carboxylic acids is 1. The number of primary amides is 1. The summed E-state index contributed by atoms with van der Waals surface area (Å²) in [5.74, 6) is -1.43. The second kappa shape index (κ2) is 13.7. The molecule has 0 rings (SSSR count). The number of nitrogens with two attached hydrogens (primary N) is 2. The number of carbonyl (C=O) groups excluding carboxylic acids is 2. The number of unbranched alkanes of at least 4 members (excludes halogenated alkanes) is 2. The van der Waals surface area contributed by atoms with E-state index in [9.17, 15) is 14.4 Å². The molecule has 8 heteroatoms. The van der Waals surface area contributed by atoms with Crippen LogP contribution >= 0.6 is 31.9 Å². The number of hydrogen-bond acceptors (Lipinski definition) is 4. The Bertz CT molecular complexity index is 433. The van der Waals surface area contributed by atoms with E-state index >= 15 is 0 Å². The zero-order valence-corrected chi connectivity index (χ0v) is 16.9. The SMILES string of the molecule is CC(C)[C@H](N)C(=O)O.CCCCCC(=O)CC(C(N)=O)=C(Br)Br. The van der Waals surface area contributed by atoms with Crippen molar-refractivity contribution in [2.45, 2.75) is 58.9 Å². The number of halogens is 2. The van der Waals surface area contributed by atoms with Crippen molar-refractivity contribution in [1.82, 2.24) is 0 Å². The second-order valence-electron chi connectivity index (χ2n) is 5.38. The van der Waals surface area contributed by atoms with Crippen molar-refractivity contribution in [2.75, 3.05) is 0 Å². The predicted molar refractivity (Wildman–Crippen MR) is 98.3 cm³/mol. The third kappa shape index (κ3) is 13.4. The van der Waals surface area contributed by atoms with E-state index in [4.69, 9.17) is 16.6 Å². The number of rotatable bonds is 9. The molecule has 0 bridgehead atoms. The molecular formula is C15H26Br2N2O4. The number of amides is 1. The van der Waals surface area contributed by atoms with Crippen LogP contribution in [0.25, 0.3) is 0 Å². The summed E-state index contributed by atoms with van der Waals surface area (Å²) < 4.78 is 0.464. The molecule has 0 spiro atoms. The van der Waals surface area contributed by atoms with Gasteiger partial charge in [0.15, 0.2) is 0 Å². The highest BCUT2D eigenvalue weighted by Crippen LogP contribution is 2.22. The highest BCUT2D eigenvalue weighted by molar-refractivity contribution is 9.28. The number of carboxylic acid groups (broad SMARTS) is 1. The largest absolute Gasteiger partial charge is 0.480 e. The molecule has 0 aromatic heterocycles. The number of carbonyl (C=O) groups is 3. The quantitative estimate of drug-likeness (QED) is 0.362. The minimum absolute atomic E-state index is 0.0208. The summed E-state index contributed by atoms with van der Waals surface area (Å²) >= 11 is 6.19. The molecule has 0 saturated heterocycles. The second-order valence-corrected chi connectivity index (χ2v) is 8.03. The molecule has 0 aromatic rings. The van der Waals surface area contributed by atoms with Crippen molar-refractivity contribution < 1.29 is 19.5 Å². The van der Waals surface area contributed by atoms with Crippen LogP contribution in [0.3, 0.4) is 0 Å². The molecule has 5 N–H and O–H groups in total. The number of aliphatic carboxylic acids is 1. The first kappa shape index (κ1) is 24.5. The lowest BCUT2D eigenvalue weighted by atomic mass is 10.1. The van der Waals surface area contributed by atoms with Gasteiger partial charge >= 0.3 is 5.97 Å². The summed E-state index contributed by atoms with van der Waals surface area (Å²) in [6.07, 6.45) is 3.61. The lowest BCUT2D eigenvalue weighted by Crippen LogP contribution is -2.34. The summed E-state index contributed by atoms with van der Waals surface area (Å²) in [6.45, 7) is 5.63. The van der Waals surface area contributed by atoms with Gasteiger partial charge in [-0.05, 0) is 44.2 Å². The topological polar surface area (TPSA) is 123 Å². The first-order valence-corrected chi connectivity index (χ1v) is 8.97. The summed E-state index contributed by atoms with van der Waals surface area (Å²) in [5.41, 5.74) is 10.6. The molecule has 6 nitrogen and oxygen atoms in total. The molecule has 0 aromatic carbocycles. The molecule has 0 unspecified atom stereocenters. The third-order valence-electron chi connectivity index (χ3n) is 2.96. The molecule has 0 aliphatic rings. The van der Waals surface area contributed by atoms with Crippen LogP contribution < -0.4 is 11.5 Å². The molecule has 1 atom stereocenters. The van der Waals surface area contributed by atoms with Crippen molar-refractivity contribution in [3.05, 3.63) is 8.96 Å². The molecule has 1 amide bonds. The van der Waals surface area contributed by atoms with Gasteiger partial charge in [0.05, 0.1) is 3.39 Å². The summed E-state index contributed by atoms with van der Waals surface area (Å²) in [5, 5.41) is 8.23. The lowest BCUT2D eigenvalue weighted by molar-refractivity contribution is -0.139. The first-order valence-electron chi connectivity index (χ1n) is 7.38. The van der Waals surface area contributed by atoms with Crippen molar-refractivity contribution in [3.63, 3.8) is 0 Å². The predicted octanol–water partition coefficient (Wildman–Crippen LogP) is 3.07. The van der Waals surface area contributed by atoms with Crippen LogP contribution in [0, 0.1) is 5.92 Å². The highest BCUT2D eigenvalue weighted by atomic mass is 79.9. The highest BCUT2D eigenvalue weighted by Gasteiger charge is 2.14. The Morgan fingerprint density at radius 1 is 1.13 bits per heavy atom. The van der Waals surface area contributed by atoms with E-state index in [1.165, 1.54) is 0 Å². The van der Waals surface area contributed by atoms with Gasteiger partial charge in [0, 0.05) is 18.4 Å².